The number of aromatic amines is 1. The number of aromatic carboxylic acids is 1. The highest BCUT2D eigenvalue weighted by atomic mass is 19.1. The van der Waals surface area contributed by atoms with Crippen LogP contribution in [0.15, 0.2) is 48.5 Å². The zero-order valence-corrected chi connectivity index (χ0v) is 16.4. The van der Waals surface area contributed by atoms with Gasteiger partial charge in [-0.05, 0) is 62.4 Å². The predicted octanol–water partition coefficient (Wildman–Crippen LogP) is 4.98. The Morgan fingerprint density at radius 2 is 1.67 bits per heavy atom. The lowest BCUT2D eigenvalue weighted by Gasteiger charge is -2.03. The number of H-pyrrole nitrogens is 1. The second kappa shape index (κ2) is 8.77. The molecule has 2 aromatic heterocycles. The first-order chi connectivity index (χ1) is 14.3. The van der Waals surface area contributed by atoms with E-state index < -0.39 is 11.9 Å². The van der Waals surface area contributed by atoms with Gasteiger partial charge in [0.25, 0.3) is 0 Å². The van der Waals surface area contributed by atoms with Crippen LogP contribution in [0.3, 0.4) is 0 Å². The highest BCUT2D eigenvalue weighted by molar-refractivity contribution is 5.95. The Bertz CT molecular complexity index is 1230. The molecular formula is C22H20F2N2O4. The van der Waals surface area contributed by atoms with Crippen LogP contribution in [0.2, 0.25) is 0 Å². The van der Waals surface area contributed by atoms with E-state index in [1.54, 1.807) is 29.7 Å². The number of fused-ring (bicyclic) bond motifs is 2. The number of hydrogen-bond acceptors (Lipinski definition) is 3. The SMILES string of the molecule is CCOC(=O)c1cc2cc(F)ccc2[nH]1.CCn1c(C(=O)O)cc2cc(F)ccc21. The van der Waals surface area contributed by atoms with Gasteiger partial charge in [-0.1, -0.05) is 0 Å². The highest BCUT2D eigenvalue weighted by Crippen LogP contribution is 2.21. The third-order valence-electron chi connectivity index (χ3n) is 4.48. The number of rotatable bonds is 4. The molecule has 0 saturated carbocycles. The van der Waals surface area contributed by atoms with Gasteiger partial charge >= 0.3 is 11.9 Å². The van der Waals surface area contributed by atoms with Gasteiger partial charge in [-0.2, -0.15) is 0 Å². The molecule has 0 aliphatic heterocycles. The number of aromatic nitrogens is 2. The van der Waals surface area contributed by atoms with Crippen molar-refractivity contribution in [2.45, 2.75) is 20.4 Å². The van der Waals surface area contributed by atoms with Gasteiger partial charge in [0.15, 0.2) is 0 Å². The molecule has 0 radical (unpaired) electrons. The number of esters is 1. The number of carbonyl (C=O) groups excluding carboxylic acids is 1. The molecule has 0 aliphatic rings. The van der Waals surface area contributed by atoms with Crippen LogP contribution in [0.5, 0.6) is 0 Å². The molecule has 2 N–H and O–H groups in total. The summed E-state index contributed by atoms with van der Waals surface area (Å²) in [4.78, 5) is 25.1. The number of ether oxygens (including phenoxy) is 1. The summed E-state index contributed by atoms with van der Waals surface area (Å²) in [5.41, 5.74) is 2.01. The number of nitrogens with zero attached hydrogens (tertiary/aromatic N) is 1. The number of aryl methyl sites for hydroxylation is 1. The van der Waals surface area contributed by atoms with Crippen LogP contribution in [0.4, 0.5) is 8.78 Å². The third-order valence-corrected chi connectivity index (χ3v) is 4.48. The predicted molar refractivity (Wildman–Crippen MR) is 109 cm³/mol. The van der Waals surface area contributed by atoms with Crippen LogP contribution in [0.25, 0.3) is 21.8 Å². The molecule has 0 spiro atoms. The lowest BCUT2D eigenvalue weighted by Crippen LogP contribution is -2.06. The van der Waals surface area contributed by atoms with Crippen molar-refractivity contribution in [1.29, 1.82) is 0 Å². The molecule has 30 heavy (non-hydrogen) atoms. The van der Waals surface area contributed by atoms with Crippen molar-refractivity contribution in [2.24, 2.45) is 0 Å². The maximum atomic E-state index is 12.9. The Morgan fingerprint density at radius 1 is 1.00 bits per heavy atom. The Hall–Kier alpha value is -3.68. The molecule has 8 heteroatoms. The Kier molecular flexibility index (Phi) is 6.15. The summed E-state index contributed by atoms with van der Waals surface area (Å²) in [6, 6.07) is 11.6. The lowest BCUT2D eigenvalue weighted by atomic mass is 10.2. The van der Waals surface area contributed by atoms with E-state index >= 15 is 0 Å². The van der Waals surface area contributed by atoms with Gasteiger partial charge < -0.3 is 19.4 Å². The average Bonchev–Trinajstić information content (AvgIpc) is 3.29. The molecular weight excluding hydrogens is 394 g/mol. The summed E-state index contributed by atoms with van der Waals surface area (Å²) in [6.45, 7) is 4.47. The maximum absolute atomic E-state index is 12.9. The van der Waals surface area contributed by atoms with E-state index in [9.17, 15) is 18.4 Å². The van der Waals surface area contributed by atoms with Crippen molar-refractivity contribution in [3.05, 3.63) is 71.6 Å². The van der Waals surface area contributed by atoms with E-state index in [4.69, 9.17) is 9.84 Å². The van der Waals surface area contributed by atoms with Gasteiger partial charge in [-0.15, -0.1) is 0 Å². The summed E-state index contributed by atoms with van der Waals surface area (Å²) >= 11 is 0. The monoisotopic (exact) mass is 414 g/mol. The third kappa shape index (κ3) is 4.32. The molecule has 0 amide bonds. The number of carbonyl (C=O) groups is 2. The van der Waals surface area contributed by atoms with Gasteiger partial charge in [-0.3, -0.25) is 0 Å². The summed E-state index contributed by atoms with van der Waals surface area (Å²) < 4.78 is 32.3. The number of benzene rings is 2. The minimum atomic E-state index is -0.992. The molecule has 156 valence electrons. The van der Waals surface area contributed by atoms with Gasteiger partial charge in [0.2, 0.25) is 0 Å². The van der Waals surface area contributed by atoms with Crippen molar-refractivity contribution < 1.29 is 28.2 Å². The van der Waals surface area contributed by atoms with Crippen molar-refractivity contribution in [3.63, 3.8) is 0 Å². The first-order valence-electron chi connectivity index (χ1n) is 9.31. The molecule has 0 aliphatic carbocycles. The van der Waals surface area contributed by atoms with Gasteiger partial charge in [0, 0.05) is 28.4 Å². The van der Waals surface area contributed by atoms with E-state index in [0.29, 0.717) is 29.6 Å². The molecule has 2 heterocycles. The van der Waals surface area contributed by atoms with E-state index in [1.807, 2.05) is 6.92 Å². The second-order valence-electron chi connectivity index (χ2n) is 6.42. The molecule has 2 aromatic carbocycles. The molecule has 4 aromatic rings. The van der Waals surface area contributed by atoms with Crippen molar-refractivity contribution >= 4 is 33.7 Å². The standard InChI is InChI=1S/2C11H10FNO2/c1-2-15-11(14)10-6-7-5-8(12)3-4-9(7)13-10;1-2-13-9-4-3-8(12)5-7(9)6-10(13)11(14)15/h3-6,13H,2H2,1H3;3-6H,2H2,1H3,(H,14,15). The summed E-state index contributed by atoms with van der Waals surface area (Å²) in [5, 5.41) is 10.2. The first kappa shape index (κ1) is 21.0. The number of nitrogens with one attached hydrogen (secondary N) is 1. The fourth-order valence-corrected chi connectivity index (χ4v) is 3.18. The molecule has 0 saturated heterocycles. The number of hydrogen-bond donors (Lipinski definition) is 2. The number of carboxylic acids is 1. The summed E-state index contributed by atoms with van der Waals surface area (Å²) in [7, 11) is 0. The Morgan fingerprint density at radius 3 is 2.30 bits per heavy atom. The van der Waals surface area contributed by atoms with E-state index in [0.717, 1.165) is 11.0 Å². The van der Waals surface area contributed by atoms with Crippen LogP contribution in [-0.2, 0) is 11.3 Å². The largest absolute Gasteiger partial charge is 0.477 e. The van der Waals surface area contributed by atoms with Gasteiger partial charge in [-0.25, -0.2) is 18.4 Å². The first-order valence-corrected chi connectivity index (χ1v) is 9.31. The normalized spacial score (nSPS) is 10.7. The van der Waals surface area contributed by atoms with E-state index in [-0.39, 0.29) is 17.3 Å². The molecule has 6 nitrogen and oxygen atoms in total. The minimum Gasteiger partial charge on any atom is -0.477 e. The molecule has 0 fully saturated rings. The fourth-order valence-electron chi connectivity index (χ4n) is 3.18. The minimum absolute atomic E-state index is 0.193. The van der Waals surface area contributed by atoms with Crippen molar-refractivity contribution in [2.75, 3.05) is 6.61 Å². The molecule has 0 unspecified atom stereocenters. The average molecular weight is 414 g/mol. The van der Waals surface area contributed by atoms with Crippen molar-refractivity contribution in [1.82, 2.24) is 9.55 Å². The topological polar surface area (TPSA) is 84.3 Å². The molecule has 0 atom stereocenters. The van der Waals surface area contributed by atoms with Crippen LogP contribution in [-0.4, -0.2) is 33.2 Å². The van der Waals surface area contributed by atoms with Crippen LogP contribution in [0, 0.1) is 11.6 Å². The zero-order chi connectivity index (χ0) is 21.8. The van der Waals surface area contributed by atoms with Crippen molar-refractivity contribution in [3.8, 4) is 0 Å². The smallest absolute Gasteiger partial charge is 0.354 e. The molecule has 4 rings (SSSR count). The van der Waals surface area contributed by atoms with E-state index in [2.05, 4.69) is 4.98 Å². The summed E-state index contributed by atoms with van der Waals surface area (Å²) in [5.74, 6) is -2.09. The maximum Gasteiger partial charge on any atom is 0.354 e. The Labute approximate surface area is 170 Å². The van der Waals surface area contributed by atoms with E-state index in [1.165, 1.54) is 30.3 Å². The quantitative estimate of drug-likeness (QED) is 0.461. The highest BCUT2D eigenvalue weighted by Gasteiger charge is 2.13. The number of halogens is 2. The van der Waals surface area contributed by atoms with Gasteiger partial charge in [0.1, 0.15) is 23.0 Å². The number of carboxylic acid groups (broad SMARTS) is 1. The Balaban J connectivity index is 0.000000171. The van der Waals surface area contributed by atoms with Crippen LogP contribution in [0.1, 0.15) is 34.8 Å². The summed E-state index contributed by atoms with van der Waals surface area (Å²) in [6.07, 6.45) is 0. The fraction of sp³-hybridized carbons (Fsp3) is 0.182. The van der Waals surface area contributed by atoms with Crippen LogP contribution >= 0.6 is 0 Å². The van der Waals surface area contributed by atoms with Gasteiger partial charge in [0.05, 0.1) is 6.61 Å². The second-order valence-corrected chi connectivity index (χ2v) is 6.42. The van der Waals surface area contributed by atoms with Crippen LogP contribution < -0.4 is 0 Å². The zero-order valence-electron chi connectivity index (χ0n) is 16.4. The molecule has 0 bridgehead atoms. The lowest BCUT2D eigenvalue weighted by molar-refractivity contribution is 0.0520.